The van der Waals surface area contributed by atoms with Gasteiger partial charge in [-0.3, -0.25) is 0 Å². The Morgan fingerprint density at radius 1 is 1.11 bits per heavy atom. The van der Waals surface area contributed by atoms with Crippen molar-refractivity contribution in [1.82, 2.24) is 5.32 Å². The molecule has 0 aliphatic carbocycles. The summed E-state index contributed by atoms with van der Waals surface area (Å²) in [5.74, 6) is 2.01. The lowest BCUT2D eigenvalue weighted by atomic mass is 9.99. The first-order valence-corrected chi connectivity index (χ1v) is 7.05. The molecule has 1 atom stereocenters. The van der Waals surface area contributed by atoms with Crippen LogP contribution in [0.1, 0.15) is 42.0 Å². The molecule has 2 aromatic rings. The minimum atomic E-state index is 0.259. The first-order chi connectivity index (χ1) is 9.20. The Bertz CT molecular complexity index is 515. The first-order valence-electron chi connectivity index (χ1n) is 7.05. The molecule has 1 unspecified atom stereocenters. The smallest absolute Gasteiger partial charge is 0.121 e. The summed E-state index contributed by atoms with van der Waals surface area (Å²) in [5, 5.41) is 3.58. The van der Waals surface area contributed by atoms with Gasteiger partial charge in [-0.15, -0.1) is 0 Å². The van der Waals surface area contributed by atoms with Crippen LogP contribution in [0.4, 0.5) is 0 Å². The van der Waals surface area contributed by atoms with E-state index in [0.29, 0.717) is 0 Å². The minimum absolute atomic E-state index is 0.259. The van der Waals surface area contributed by atoms with E-state index in [1.807, 2.05) is 13.0 Å². The van der Waals surface area contributed by atoms with E-state index in [1.165, 1.54) is 11.1 Å². The minimum Gasteiger partial charge on any atom is -0.465 e. The van der Waals surface area contributed by atoms with Crippen LogP contribution in [0, 0.1) is 13.8 Å². The molecule has 0 aliphatic rings. The molecule has 0 spiro atoms. The summed E-state index contributed by atoms with van der Waals surface area (Å²) < 4.78 is 5.79. The maximum absolute atomic E-state index is 5.79. The molecule has 2 heteroatoms. The third-order valence-corrected chi connectivity index (χ3v) is 3.43. The lowest BCUT2D eigenvalue weighted by Crippen LogP contribution is -2.24. The second-order valence-corrected chi connectivity index (χ2v) is 5.09. The van der Waals surface area contributed by atoms with Gasteiger partial charge in [-0.1, -0.05) is 31.2 Å². The monoisotopic (exact) mass is 257 g/mol. The molecular weight excluding hydrogens is 234 g/mol. The molecule has 0 saturated carbocycles. The van der Waals surface area contributed by atoms with Gasteiger partial charge in [0.1, 0.15) is 11.5 Å². The van der Waals surface area contributed by atoms with Crippen LogP contribution in [-0.4, -0.2) is 6.54 Å². The van der Waals surface area contributed by atoms with Crippen molar-refractivity contribution < 1.29 is 4.42 Å². The van der Waals surface area contributed by atoms with Crippen LogP contribution >= 0.6 is 0 Å². The Hall–Kier alpha value is -1.54. The van der Waals surface area contributed by atoms with Crippen LogP contribution < -0.4 is 5.32 Å². The molecule has 0 amide bonds. The summed E-state index contributed by atoms with van der Waals surface area (Å²) >= 11 is 0. The van der Waals surface area contributed by atoms with Gasteiger partial charge < -0.3 is 9.73 Å². The number of hydrogen-bond donors (Lipinski definition) is 1. The van der Waals surface area contributed by atoms with Crippen molar-refractivity contribution in [3.05, 3.63) is 59.0 Å². The van der Waals surface area contributed by atoms with Gasteiger partial charge in [0.05, 0.1) is 6.04 Å². The largest absolute Gasteiger partial charge is 0.465 e. The van der Waals surface area contributed by atoms with E-state index in [4.69, 9.17) is 4.42 Å². The number of hydrogen-bond acceptors (Lipinski definition) is 2. The Kier molecular flexibility index (Phi) is 4.80. The third-order valence-electron chi connectivity index (χ3n) is 3.43. The van der Waals surface area contributed by atoms with Crippen molar-refractivity contribution in [2.75, 3.05) is 6.54 Å². The van der Waals surface area contributed by atoms with Crippen molar-refractivity contribution >= 4 is 0 Å². The van der Waals surface area contributed by atoms with Crippen molar-refractivity contribution in [3.63, 3.8) is 0 Å². The highest BCUT2D eigenvalue weighted by Gasteiger charge is 2.15. The molecule has 1 N–H and O–H groups in total. The Morgan fingerprint density at radius 2 is 1.89 bits per heavy atom. The van der Waals surface area contributed by atoms with Gasteiger partial charge in [0, 0.05) is 0 Å². The van der Waals surface area contributed by atoms with E-state index in [-0.39, 0.29) is 6.04 Å². The predicted octanol–water partition coefficient (Wildman–Crippen LogP) is 4.18. The highest BCUT2D eigenvalue weighted by molar-refractivity contribution is 5.27. The van der Waals surface area contributed by atoms with Crippen LogP contribution in [-0.2, 0) is 6.42 Å². The van der Waals surface area contributed by atoms with Gasteiger partial charge in [0.15, 0.2) is 0 Å². The lowest BCUT2D eigenvalue weighted by molar-refractivity contribution is 0.398. The zero-order chi connectivity index (χ0) is 13.7. The van der Waals surface area contributed by atoms with Gasteiger partial charge in [-0.2, -0.15) is 0 Å². The number of aryl methyl sites for hydroxylation is 2. The zero-order valence-electron chi connectivity index (χ0n) is 12.1. The molecule has 19 heavy (non-hydrogen) atoms. The summed E-state index contributed by atoms with van der Waals surface area (Å²) in [4.78, 5) is 0. The zero-order valence-corrected chi connectivity index (χ0v) is 12.1. The van der Waals surface area contributed by atoms with Crippen molar-refractivity contribution in [2.45, 2.75) is 39.7 Å². The van der Waals surface area contributed by atoms with Crippen LogP contribution in [0.25, 0.3) is 0 Å². The summed E-state index contributed by atoms with van der Waals surface area (Å²) in [5.41, 5.74) is 2.72. The second kappa shape index (κ2) is 6.58. The van der Waals surface area contributed by atoms with E-state index in [2.05, 4.69) is 49.5 Å². The number of nitrogens with one attached hydrogen (secondary N) is 1. The van der Waals surface area contributed by atoms with Crippen molar-refractivity contribution in [2.24, 2.45) is 0 Å². The van der Waals surface area contributed by atoms with E-state index in [0.717, 1.165) is 30.9 Å². The average Bonchev–Trinajstić information content (AvgIpc) is 2.83. The van der Waals surface area contributed by atoms with Gasteiger partial charge in [0.2, 0.25) is 0 Å². The highest BCUT2D eigenvalue weighted by atomic mass is 16.3. The number of benzene rings is 1. The number of rotatable bonds is 6. The summed E-state index contributed by atoms with van der Waals surface area (Å²) in [7, 11) is 0. The molecule has 1 aromatic carbocycles. The van der Waals surface area contributed by atoms with Gasteiger partial charge in [-0.25, -0.2) is 0 Å². The van der Waals surface area contributed by atoms with Gasteiger partial charge in [-0.05, 0) is 56.5 Å². The highest BCUT2D eigenvalue weighted by Crippen LogP contribution is 2.22. The Balaban J connectivity index is 2.16. The molecule has 2 nitrogen and oxygen atoms in total. The fourth-order valence-corrected chi connectivity index (χ4v) is 2.29. The van der Waals surface area contributed by atoms with Crippen molar-refractivity contribution in [3.8, 4) is 0 Å². The Morgan fingerprint density at radius 3 is 2.53 bits per heavy atom. The summed E-state index contributed by atoms with van der Waals surface area (Å²) in [6.45, 7) is 7.36. The summed E-state index contributed by atoms with van der Waals surface area (Å²) in [6, 6.07) is 12.9. The van der Waals surface area contributed by atoms with Crippen LogP contribution in [0.3, 0.4) is 0 Å². The molecule has 1 heterocycles. The third kappa shape index (κ3) is 3.71. The van der Waals surface area contributed by atoms with Crippen LogP contribution in [0.2, 0.25) is 0 Å². The molecule has 0 radical (unpaired) electrons. The molecule has 0 saturated heterocycles. The molecule has 0 fully saturated rings. The van der Waals surface area contributed by atoms with Crippen LogP contribution in [0.15, 0.2) is 40.8 Å². The quantitative estimate of drug-likeness (QED) is 0.839. The second-order valence-electron chi connectivity index (χ2n) is 5.09. The van der Waals surface area contributed by atoms with Crippen molar-refractivity contribution in [1.29, 1.82) is 0 Å². The van der Waals surface area contributed by atoms with Gasteiger partial charge in [0.25, 0.3) is 0 Å². The van der Waals surface area contributed by atoms with E-state index < -0.39 is 0 Å². The fraction of sp³-hybridized carbons (Fsp3) is 0.412. The molecule has 2 rings (SSSR count). The standard InChI is InChI=1S/C17H23NO/c1-4-11-18-16(17-10-9-14(3)19-17)12-15-8-6-5-7-13(15)2/h5-10,16,18H,4,11-12H2,1-3H3. The maximum atomic E-state index is 5.79. The SMILES string of the molecule is CCCNC(Cc1ccccc1C)c1ccc(C)o1. The lowest BCUT2D eigenvalue weighted by Gasteiger charge is -2.17. The predicted molar refractivity (Wildman–Crippen MR) is 79.4 cm³/mol. The maximum Gasteiger partial charge on any atom is 0.121 e. The molecule has 102 valence electrons. The normalized spacial score (nSPS) is 12.6. The molecular formula is C17H23NO. The molecule has 0 aliphatic heterocycles. The van der Waals surface area contributed by atoms with Gasteiger partial charge >= 0.3 is 0 Å². The summed E-state index contributed by atoms with van der Waals surface area (Å²) in [6.07, 6.45) is 2.10. The fourth-order valence-electron chi connectivity index (χ4n) is 2.29. The Labute approximate surface area is 115 Å². The average molecular weight is 257 g/mol. The first kappa shape index (κ1) is 13.9. The van der Waals surface area contributed by atoms with E-state index in [9.17, 15) is 0 Å². The van der Waals surface area contributed by atoms with Crippen LogP contribution in [0.5, 0.6) is 0 Å². The number of furan rings is 1. The topological polar surface area (TPSA) is 25.2 Å². The molecule has 1 aromatic heterocycles. The van der Waals surface area contributed by atoms with E-state index >= 15 is 0 Å². The molecule has 0 bridgehead atoms. The van der Waals surface area contributed by atoms with E-state index in [1.54, 1.807) is 0 Å².